The van der Waals surface area contributed by atoms with Crippen LogP contribution < -0.4 is 4.31 Å². The van der Waals surface area contributed by atoms with Crippen molar-refractivity contribution in [3.8, 4) is 11.5 Å². The molecule has 0 amide bonds. The van der Waals surface area contributed by atoms with Gasteiger partial charge in [0, 0.05) is 30.0 Å². The maximum absolute atomic E-state index is 13.5. The molecule has 10 heteroatoms. The van der Waals surface area contributed by atoms with Crippen LogP contribution in [0.2, 0.25) is 0 Å². The third-order valence-electron chi connectivity index (χ3n) is 5.91. The van der Waals surface area contributed by atoms with Gasteiger partial charge in [-0.05, 0) is 42.8 Å². The first-order chi connectivity index (χ1) is 17.6. The summed E-state index contributed by atoms with van der Waals surface area (Å²) in [5, 5.41) is 7.05. The number of para-hydroxylation sites is 1. The zero-order valence-corrected chi connectivity index (χ0v) is 22.1. The Kier molecular flexibility index (Phi) is 9.78. The standard InChI is InChI=1S/C25H28F4N4OS.C2H6/c1-35(2,16-6-14-32-15-13-25(28,29)18-32)33(21-7-4-3-5-8-21)17-19-9-11-20(12-10-19)23-30-31-24(34-23)22(26)27;1-2/h3-5,7-12,22H,1-2,6,13-18H2;1-2H3. The van der Waals surface area contributed by atoms with E-state index in [1.54, 1.807) is 17.0 Å². The van der Waals surface area contributed by atoms with Crippen LogP contribution >= 0.6 is 9.39 Å². The van der Waals surface area contributed by atoms with Gasteiger partial charge in [-0.25, -0.2) is 8.78 Å². The summed E-state index contributed by atoms with van der Waals surface area (Å²) in [4.78, 5) is 1.80. The number of rotatable bonds is 10. The molecule has 1 fully saturated rings. The number of aromatic nitrogens is 2. The number of halogens is 4. The van der Waals surface area contributed by atoms with Gasteiger partial charge in [0.25, 0.3) is 11.8 Å². The van der Waals surface area contributed by atoms with E-state index in [-0.39, 0.29) is 18.9 Å². The quantitative estimate of drug-likeness (QED) is 0.205. The molecule has 0 unspecified atom stereocenters. The van der Waals surface area contributed by atoms with E-state index in [0.29, 0.717) is 31.0 Å². The molecule has 0 saturated carbocycles. The Morgan fingerprint density at radius 1 is 1.05 bits per heavy atom. The molecule has 1 saturated heterocycles. The summed E-state index contributed by atoms with van der Waals surface area (Å²) in [5.74, 6) is 6.32. The minimum Gasteiger partial charge on any atom is -0.415 e. The SMILES string of the molecule is C=S(=C)(CCCN1CCC(F)(F)C1)N(Cc1ccc(-c2nnc(C(F)F)o2)cc1)c1ccccc1.CC. The first-order valence-electron chi connectivity index (χ1n) is 12.2. The van der Waals surface area contributed by atoms with Crippen molar-refractivity contribution < 1.29 is 22.0 Å². The highest BCUT2D eigenvalue weighted by molar-refractivity contribution is 8.28. The summed E-state index contributed by atoms with van der Waals surface area (Å²) in [5.41, 5.74) is 2.49. The van der Waals surface area contributed by atoms with E-state index in [9.17, 15) is 17.6 Å². The largest absolute Gasteiger partial charge is 0.415 e. The lowest BCUT2D eigenvalue weighted by molar-refractivity contribution is 0.0123. The Morgan fingerprint density at radius 3 is 2.30 bits per heavy atom. The van der Waals surface area contributed by atoms with Gasteiger partial charge in [-0.2, -0.15) is 8.78 Å². The number of benzene rings is 2. The number of hydrogen-bond acceptors (Lipinski definition) is 5. The molecule has 0 radical (unpaired) electrons. The molecule has 0 bridgehead atoms. The number of likely N-dealkylation sites (tertiary alicyclic amines) is 1. The summed E-state index contributed by atoms with van der Waals surface area (Å²) < 4.78 is 59.7. The fourth-order valence-electron chi connectivity index (χ4n) is 4.07. The maximum Gasteiger partial charge on any atom is 0.314 e. The van der Waals surface area contributed by atoms with Gasteiger partial charge in [-0.1, -0.05) is 55.9 Å². The fraction of sp³-hybridized carbons (Fsp3) is 0.407. The second-order valence-corrected chi connectivity index (χ2v) is 11.6. The molecule has 3 aromatic rings. The van der Waals surface area contributed by atoms with Crippen LogP contribution in [0.25, 0.3) is 11.5 Å². The predicted molar refractivity (Wildman–Crippen MR) is 146 cm³/mol. The van der Waals surface area contributed by atoms with Crippen LogP contribution in [0.4, 0.5) is 23.2 Å². The Bertz CT molecular complexity index is 1210. The van der Waals surface area contributed by atoms with Gasteiger partial charge in [0.05, 0.1) is 13.1 Å². The zero-order chi connectivity index (χ0) is 27.1. The van der Waals surface area contributed by atoms with Crippen molar-refractivity contribution in [1.82, 2.24) is 15.1 Å². The van der Waals surface area contributed by atoms with Crippen LogP contribution in [0.1, 0.15) is 44.6 Å². The van der Waals surface area contributed by atoms with Crippen LogP contribution in [0.3, 0.4) is 0 Å². The molecule has 0 spiro atoms. The smallest absolute Gasteiger partial charge is 0.314 e. The molecule has 4 rings (SSSR count). The second kappa shape index (κ2) is 12.6. The summed E-state index contributed by atoms with van der Waals surface area (Å²) in [7, 11) is -1.77. The maximum atomic E-state index is 13.5. The lowest BCUT2D eigenvalue weighted by atomic mass is 10.1. The molecule has 0 atom stereocenters. The molecule has 1 aliphatic heterocycles. The second-order valence-electron chi connectivity index (χ2n) is 8.75. The van der Waals surface area contributed by atoms with Gasteiger partial charge >= 0.3 is 6.43 Å². The molecular formula is C27H34F4N4OS. The van der Waals surface area contributed by atoms with Crippen LogP contribution in [-0.2, 0) is 6.54 Å². The van der Waals surface area contributed by atoms with Crippen molar-refractivity contribution in [2.24, 2.45) is 0 Å². The highest BCUT2D eigenvalue weighted by atomic mass is 32.2. The highest BCUT2D eigenvalue weighted by Crippen LogP contribution is 2.35. The van der Waals surface area contributed by atoms with Gasteiger partial charge in [0.1, 0.15) is 0 Å². The van der Waals surface area contributed by atoms with E-state index in [4.69, 9.17) is 4.42 Å². The summed E-state index contributed by atoms with van der Waals surface area (Å²) in [6, 6.07) is 17.1. The van der Waals surface area contributed by atoms with Gasteiger partial charge in [-0.3, -0.25) is 4.90 Å². The topological polar surface area (TPSA) is 45.4 Å². The van der Waals surface area contributed by atoms with Gasteiger partial charge in [0.15, 0.2) is 0 Å². The Balaban J connectivity index is 0.00000186. The molecule has 202 valence electrons. The Hall–Kier alpha value is -2.85. The summed E-state index contributed by atoms with van der Waals surface area (Å²) in [6.45, 7) is 5.35. The van der Waals surface area contributed by atoms with E-state index in [1.165, 1.54) is 0 Å². The number of nitrogens with zero attached hydrogens (tertiary/aromatic N) is 4. The van der Waals surface area contributed by atoms with Gasteiger partial charge in [-0.15, -0.1) is 19.6 Å². The molecule has 1 aliphatic rings. The fourth-order valence-corrected chi connectivity index (χ4v) is 5.95. The number of anilines is 1. The van der Waals surface area contributed by atoms with Crippen LogP contribution in [0.5, 0.6) is 0 Å². The van der Waals surface area contributed by atoms with E-state index < -0.39 is 27.6 Å². The van der Waals surface area contributed by atoms with Gasteiger partial charge < -0.3 is 8.72 Å². The van der Waals surface area contributed by atoms with Crippen molar-refractivity contribution in [2.75, 3.05) is 29.7 Å². The van der Waals surface area contributed by atoms with Crippen LogP contribution in [0.15, 0.2) is 59.0 Å². The Labute approximate surface area is 216 Å². The zero-order valence-electron chi connectivity index (χ0n) is 21.3. The van der Waals surface area contributed by atoms with Crippen molar-refractivity contribution in [3.63, 3.8) is 0 Å². The third-order valence-corrected chi connectivity index (χ3v) is 8.24. The average molecular weight is 539 g/mol. The molecule has 0 N–H and O–H groups in total. The molecular weight excluding hydrogens is 504 g/mol. The predicted octanol–water partition coefficient (Wildman–Crippen LogP) is 7.02. The lowest BCUT2D eigenvalue weighted by Crippen LogP contribution is -2.27. The van der Waals surface area contributed by atoms with E-state index in [1.807, 2.05) is 56.3 Å². The number of alkyl halides is 4. The normalized spacial score (nSPS) is 15.4. The van der Waals surface area contributed by atoms with E-state index >= 15 is 0 Å². The van der Waals surface area contributed by atoms with E-state index in [0.717, 1.165) is 17.7 Å². The minimum absolute atomic E-state index is 0.0357. The number of hydrogen-bond donors (Lipinski definition) is 0. The minimum atomic E-state index is -2.82. The molecule has 2 aromatic carbocycles. The van der Waals surface area contributed by atoms with Crippen molar-refractivity contribution >= 4 is 26.8 Å². The molecule has 0 aliphatic carbocycles. The van der Waals surface area contributed by atoms with E-state index in [2.05, 4.69) is 26.2 Å². The van der Waals surface area contributed by atoms with Crippen LogP contribution in [-0.4, -0.2) is 58.1 Å². The molecule has 2 heterocycles. The van der Waals surface area contributed by atoms with Crippen molar-refractivity contribution in [2.45, 2.75) is 45.6 Å². The first-order valence-corrected chi connectivity index (χ1v) is 14.3. The molecule has 1 aromatic heterocycles. The molecule has 5 nitrogen and oxygen atoms in total. The van der Waals surface area contributed by atoms with Gasteiger partial charge in [0.2, 0.25) is 5.89 Å². The monoisotopic (exact) mass is 538 g/mol. The highest BCUT2D eigenvalue weighted by Gasteiger charge is 2.37. The first kappa shape index (κ1) is 28.7. The Morgan fingerprint density at radius 2 is 1.73 bits per heavy atom. The summed E-state index contributed by atoms with van der Waals surface area (Å²) >= 11 is 0. The summed E-state index contributed by atoms with van der Waals surface area (Å²) in [6.07, 6.45) is -2.18. The third kappa shape index (κ3) is 7.82. The van der Waals surface area contributed by atoms with Crippen molar-refractivity contribution in [1.29, 1.82) is 0 Å². The van der Waals surface area contributed by atoms with Crippen molar-refractivity contribution in [3.05, 3.63) is 66.1 Å². The van der Waals surface area contributed by atoms with Crippen LogP contribution in [0, 0.1) is 0 Å². The molecule has 37 heavy (non-hydrogen) atoms. The average Bonchev–Trinajstić information content (AvgIpc) is 3.51. The lowest BCUT2D eigenvalue weighted by Gasteiger charge is -2.34.